The Morgan fingerprint density at radius 2 is 1.21 bits per heavy atom. The van der Waals surface area contributed by atoms with Gasteiger partial charge >= 0.3 is 17.9 Å². The molecule has 8 heteroatoms. The molecule has 7 nitrogen and oxygen atoms in total. The summed E-state index contributed by atoms with van der Waals surface area (Å²) in [4.78, 5) is 30.5. The lowest BCUT2D eigenvalue weighted by atomic mass is 9.96. The van der Waals surface area contributed by atoms with Crippen LogP contribution in [0.1, 0.15) is 12.8 Å². The lowest BCUT2D eigenvalue weighted by Crippen LogP contribution is -2.42. The Morgan fingerprint density at radius 3 is 1.36 bits per heavy atom. The van der Waals surface area contributed by atoms with Crippen molar-refractivity contribution < 1.29 is 34.8 Å². The minimum absolute atomic E-state index is 0. The number of carboxylic acid groups (broad SMARTS) is 3. The topological polar surface area (TPSA) is 132 Å². The summed E-state index contributed by atoms with van der Waals surface area (Å²) in [6.45, 7) is 0. The van der Waals surface area contributed by atoms with Gasteiger partial charge in [-0.3, -0.25) is 9.59 Å². The third-order valence-corrected chi connectivity index (χ3v) is 1.29. The van der Waals surface area contributed by atoms with Crippen LogP contribution in [0.25, 0.3) is 0 Å². The first-order valence-corrected chi connectivity index (χ1v) is 3.17. The summed E-state index contributed by atoms with van der Waals surface area (Å²) in [6.07, 6.45) is -2.29. The van der Waals surface area contributed by atoms with Crippen molar-refractivity contribution in [1.29, 1.82) is 0 Å². The van der Waals surface area contributed by atoms with E-state index in [0.29, 0.717) is 0 Å². The lowest BCUT2D eigenvalue weighted by molar-refractivity contribution is -0.170. The number of carbonyl (C=O) groups is 3. The molecule has 0 rings (SSSR count). The van der Waals surface area contributed by atoms with Crippen molar-refractivity contribution in [2.24, 2.45) is 0 Å². The molecule has 0 amide bonds. The van der Waals surface area contributed by atoms with Gasteiger partial charge in [-0.25, -0.2) is 4.79 Å². The van der Waals surface area contributed by atoms with Crippen molar-refractivity contribution in [3.8, 4) is 0 Å². The molecule has 4 radical (unpaired) electrons. The first kappa shape index (κ1) is 15.1. The summed E-state index contributed by atoms with van der Waals surface area (Å²) in [6, 6.07) is 0. The zero-order valence-electron chi connectivity index (χ0n) is 6.93. The molecule has 14 heavy (non-hydrogen) atoms. The average molecular weight is 220 g/mol. The number of hydrogen-bond acceptors (Lipinski definition) is 4. The van der Waals surface area contributed by atoms with Gasteiger partial charge in [-0.2, -0.15) is 0 Å². The molecule has 78 valence electrons. The largest absolute Gasteiger partial charge is 0.481 e. The molecule has 0 unspecified atom stereocenters. The predicted octanol–water partition coefficient (Wildman–Crippen LogP) is -1.63. The fourth-order valence-corrected chi connectivity index (χ4v) is 0.714. The monoisotopic (exact) mass is 220 g/mol. The van der Waals surface area contributed by atoms with Crippen molar-refractivity contribution >= 4 is 28.9 Å². The fourth-order valence-electron chi connectivity index (χ4n) is 0.714. The van der Waals surface area contributed by atoms with Gasteiger partial charge in [0.25, 0.3) is 0 Å². The van der Waals surface area contributed by atoms with E-state index in [9.17, 15) is 14.4 Å². The summed E-state index contributed by atoms with van der Waals surface area (Å²) in [7, 11) is 0. The molecule has 0 aromatic rings. The highest BCUT2D eigenvalue weighted by molar-refractivity contribution is 5.88. The van der Waals surface area contributed by atoms with E-state index in [-0.39, 0.29) is 11.0 Å². The standard InChI is InChI=1S/C6H8O7.Si/c7-3(8)1-6(13,5(11)12)2-4(9)10;/h13H,1-2H2,(H,7,8)(H,9,10)(H,11,12);. The van der Waals surface area contributed by atoms with Crippen molar-refractivity contribution in [2.75, 3.05) is 0 Å². The number of aliphatic hydroxyl groups is 1. The zero-order chi connectivity index (χ0) is 10.6. The molecule has 0 spiro atoms. The normalized spacial score (nSPS) is 10.1. The molecule has 4 N–H and O–H groups in total. The summed E-state index contributed by atoms with van der Waals surface area (Å²) in [5.74, 6) is -5.02. The second kappa shape index (κ2) is 5.35. The number of hydrogen-bond donors (Lipinski definition) is 4. The Hall–Kier alpha value is -1.41. The molecule has 0 aliphatic rings. The van der Waals surface area contributed by atoms with Crippen molar-refractivity contribution in [3.63, 3.8) is 0 Å². The van der Waals surface area contributed by atoms with Crippen LogP contribution in [0.4, 0.5) is 0 Å². The molecule has 0 aromatic carbocycles. The van der Waals surface area contributed by atoms with Crippen LogP contribution in [-0.4, -0.2) is 54.9 Å². The van der Waals surface area contributed by atoms with Gasteiger partial charge in [-0.1, -0.05) is 0 Å². The maximum atomic E-state index is 10.3. The van der Waals surface area contributed by atoms with Crippen molar-refractivity contribution in [1.82, 2.24) is 0 Å². The van der Waals surface area contributed by atoms with Crippen molar-refractivity contribution in [3.05, 3.63) is 0 Å². The fraction of sp³-hybridized carbons (Fsp3) is 0.500. The molecule has 0 bridgehead atoms. The van der Waals surface area contributed by atoms with Crippen molar-refractivity contribution in [2.45, 2.75) is 18.4 Å². The highest BCUT2D eigenvalue weighted by Crippen LogP contribution is 2.15. The molecule has 0 atom stereocenters. The molecule has 0 saturated carbocycles. The Morgan fingerprint density at radius 1 is 0.929 bits per heavy atom. The predicted molar refractivity (Wildman–Crippen MR) is 42.8 cm³/mol. The Balaban J connectivity index is 0. The lowest BCUT2D eigenvalue weighted by Gasteiger charge is -2.18. The van der Waals surface area contributed by atoms with E-state index in [1.165, 1.54) is 0 Å². The smallest absolute Gasteiger partial charge is 0.336 e. The summed E-state index contributed by atoms with van der Waals surface area (Å²) in [5, 5.41) is 33.8. The maximum absolute atomic E-state index is 10.3. The number of rotatable bonds is 5. The van der Waals surface area contributed by atoms with Crippen LogP contribution >= 0.6 is 0 Å². The van der Waals surface area contributed by atoms with E-state index in [1.54, 1.807) is 0 Å². The number of carboxylic acids is 3. The molecular weight excluding hydrogens is 212 g/mol. The average Bonchev–Trinajstić information content (AvgIpc) is 1.82. The van der Waals surface area contributed by atoms with Crippen LogP contribution < -0.4 is 0 Å². The summed E-state index contributed by atoms with van der Waals surface area (Å²) >= 11 is 0. The van der Waals surface area contributed by atoms with E-state index in [0.717, 1.165) is 0 Å². The molecule has 0 aliphatic heterocycles. The van der Waals surface area contributed by atoms with Gasteiger partial charge in [-0.15, -0.1) is 0 Å². The van der Waals surface area contributed by atoms with E-state index in [2.05, 4.69) is 0 Å². The van der Waals surface area contributed by atoms with Crippen LogP contribution in [0.5, 0.6) is 0 Å². The third kappa shape index (κ3) is 4.57. The molecule has 0 aliphatic carbocycles. The molecule has 0 aromatic heterocycles. The second-order valence-corrected chi connectivity index (χ2v) is 2.48. The van der Waals surface area contributed by atoms with E-state index >= 15 is 0 Å². The van der Waals surface area contributed by atoms with Gasteiger partial charge in [0.15, 0.2) is 5.60 Å². The number of aliphatic carboxylic acids is 3. The van der Waals surface area contributed by atoms with Gasteiger partial charge < -0.3 is 20.4 Å². The highest BCUT2D eigenvalue weighted by atomic mass is 28.1. The van der Waals surface area contributed by atoms with E-state index in [4.69, 9.17) is 20.4 Å². The van der Waals surface area contributed by atoms with E-state index < -0.39 is 36.4 Å². The highest BCUT2D eigenvalue weighted by Gasteiger charge is 2.40. The van der Waals surface area contributed by atoms with E-state index in [1.807, 2.05) is 0 Å². The maximum Gasteiger partial charge on any atom is 0.336 e. The Bertz CT molecular complexity index is 233. The molecule has 0 saturated heterocycles. The van der Waals surface area contributed by atoms with Gasteiger partial charge in [0.05, 0.1) is 12.8 Å². The Kier molecular flexibility index (Phi) is 5.76. The molecular formula is C6H8O7Si. The van der Waals surface area contributed by atoms with Gasteiger partial charge in [0.2, 0.25) is 0 Å². The Labute approximate surface area is 83.0 Å². The summed E-state index contributed by atoms with van der Waals surface area (Å²) < 4.78 is 0. The third-order valence-electron chi connectivity index (χ3n) is 1.29. The SMILES string of the molecule is O=C(O)CC(O)(CC(=O)O)C(=O)O.[Si]. The molecule has 0 heterocycles. The van der Waals surface area contributed by atoms with Crippen LogP contribution in [0.15, 0.2) is 0 Å². The van der Waals surface area contributed by atoms with Gasteiger partial charge in [0.1, 0.15) is 0 Å². The first-order valence-electron chi connectivity index (χ1n) is 3.17. The first-order chi connectivity index (χ1) is 5.78. The quantitative estimate of drug-likeness (QED) is 0.409. The van der Waals surface area contributed by atoms with Crippen LogP contribution in [0, 0.1) is 0 Å². The van der Waals surface area contributed by atoms with Gasteiger partial charge in [0, 0.05) is 11.0 Å². The minimum atomic E-state index is -2.74. The van der Waals surface area contributed by atoms with Gasteiger partial charge in [-0.05, 0) is 0 Å². The van der Waals surface area contributed by atoms with Crippen LogP contribution in [0.3, 0.4) is 0 Å². The molecule has 0 fully saturated rings. The van der Waals surface area contributed by atoms with Crippen LogP contribution in [-0.2, 0) is 14.4 Å². The van der Waals surface area contributed by atoms with Crippen LogP contribution in [0.2, 0.25) is 0 Å². The minimum Gasteiger partial charge on any atom is -0.481 e. The second-order valence-electron chi connectivity index (χ2n) is 2.48. The zero-order valence-corrected chi connectivity index (χ0v) is 7.93. The summed E-state index contributed by atoms with van der Waals surface area (Å²) in [5.41, 5.74) is -2.74.